The molecule has 0 saturated carbocycles. The first-order chi connectivity index (χ1) is 22.5. The largest absolute Gasteiger partial charge is 0.506 e. The fourth-order valence-corrected chi connectivity index (χ4v) is 4.92. The van der Waals surface area contributed by atoms with Gasteiger partial charge in [-0.1, -0.05) is 48.0 Å². The maximum Gasteiger partial charge on any atom is 0.411 e. The van der Waals surface area contributed by atoms with Gasteiger partial charge in [0.05, 0.1) is 28.2 Å². The number of hydrogen-bond donors (Lipinski definition) is 4. The quantitative estimate of drug-likeness (QED) is 0.146. The monoisotopic (exact) mass is 660 g/mol. The molecule has 5 aromatic rings. The molecule has 3 aromatic carbocycles. The molecule has 244 valence electrons. The van der Waals surface area contributed by atoms with Crippen molar-refractivity contribution in [2.24, 2.45) is 7.05 Å². The number of aryl methyl sites for hydroxylation is 1. The van der Waals surface area contributed by atoms with Crippen LogP contribution in [0.2, 0.25) is 5.02 Å². The molecule has 47 heavy (non-hydrogen) atoms. The smallest absolute Gasteiger partial charge is 0.411 e. The van der Waals surface area contributed by atoms with Crippen LogP contribution in [-0.2, 0) is 18.3 Å². The molecule has 2 heterocycles. The van der Waals surface area contributed by atoms with Crippen LogP contribution < -0.4 is 26.8 Å². The number of halogens is 2. The average Bonchev–Trinajstić information content (AvgIpc) is 3.06. The van der Waals surface area contributed by atoms with Gasteiger partial charge in [-0.25, -0.2) is 14.2 Å². The number of nitrogens with one attached hydrogen (secondary N) is 2. The standard InChI is InChI=1S/C19H17ClN2O3.C15H17FN4O2/c1-3-22(12-8-5-4-6-9-12)19(25)16-17(23)15-13(20)10-7-11-14(15)21(2)18(16)24;1-2-22-15(21)19-12-7-8-13(20-14(12)17)18-9-10-3-5-11(16)6-4-10/h4-11,23H,3H2,1-2H3;3-8H,2,9H2,1H3,(H,19,21)(H3,17,18,20). The van der Waals surface area contributed by atoms with Crippen molar-refractivity contribution in [1.29, 1.82) is 0 Å². The lowest BCUT2D eigenvalue weighted by Gasteiger charge is -2.22. The van der Waals surface area contributed by atoms with Crippen molar-refractivity contribution in [1.82, 2.24) is 9.55 Å². The lowest BCUT2D eigenvalue weighted by atomic mass is 10.1. The predicted molar refractivity (Wildman–Crippen MR) is 183 cm³/mol. The highest BCUT2D eigenvalue weighted by atomic mass is 35.5. The van der Waals surface area contributed by atoms with Crippen molar-refractivity contribution in [3.8, 4) is 5.75 Å². The number of pyridine rings is 2. The average molecular weight is 661 g/mol. The molecular formula is C34H34ClFN6O5. The summed E-state index contributed by atoms with van der Waals surface area (Å²) in [4.78, 5) is 42.7. The highest BCUT2D eigenvalue weighted by Crippen LogP contribution is 2.33. The van der Waals surface area contributed by atoms with E-state index in [0.29, 0.717) is 41.2 Å². The van der Waals surface area contributed by atoms with E-state index in [0.717, 1.165) is 5.56 Å². The summed E-state index contributed by atoms with van der Waals surface area (Å²) in [6.07, 6.45) is -0.581. The van der Waals surface area contributed by atoms with E-state index < -0.39 is 17.6 Å². The van der Waals surface area contributed by atoms with E-state index in [2.05, 4.69) is 15.6 Å². The number of carbonyl (C=O) groups is 2. The van der Waals surface area contributed by atoms with E-state index in [1.807, 2.05) is 6.07 Å². The number of rotatable bonds is 8. The minimum atomic E-state index is -0.581. The van der Waals surface area contributed by atoms with Gasteiger partial charge < -0.3 is 30.4 Å². The first kappa shape index (κ1) is 34.3. The number of fused-ring (bicyclic) bond motifs is 1. The van der Waals surface area contributed by atoms with Gasteiger partial charge in [0.1, 0.15) is 28.8 Å². The highest BCUT2D eigenvalue weighted by molar-refractivity contribution is 6.36. The number of anilines is 4. The number of nitrogens with two attached hydrogens (primary N) is 1. The fourth-order valence-electron chi connectivity index (χ4n) is 4.66. The van der Waals surface area contributed by atoms with Crippen LogP contribution >= 0.6 is 11.6 Å². The predicted octanol–water partition coefficient (Wildman–Crippen LogP) is 6.55. The van der Waals surface area contributed by atoms with Crippen LogP contribution in [0, 0.1) is 5.82 Å². The van der Waals surface area contributed by atoms with Gasteiger partial charge in [-0.2, -0.15) is 0 Å². The van der Waals surface area contributed by atoms with Crippen molar-refractivity contribution in [3.05, 3.63) is 117 Å². The molecule has 13 heteroatoms. The number of aromatic hydroxyl groups is 1. The summed E-state index contributed by atoms with van der Waals surface area (Å²) >= 11 is 6.19. The zero-order valence-electron chi connectivity index (χ0n) is 26.0. The normalized spacial score (nSPS) is 10.5. The van der Waals surface area contributed by atoms with Gasteiger partial charge >= 0.3 is 6.09 Å². The molecule has 5 N–H and O–H groups in total. The molecule has 0 spiro atoms. The van der Waals surface area contributed by atoms with E-state index in [-0.39, 0.29) is 34.6 Å². The van der Waals surface area contributed by atoms with Gasteiger partial charge in [0.25, 0.3) is 11.5 Å². The Morgan fingerprint density at radius 3 is 2.36 bits per heavy atom. The number of para-hydroxylation sites is 1. The number of ether oxygens (including phenoxy) is 1. The molecule has 0 bridgehead atoms. The van der Waals surface area contributed by atoms with Crippen LogP contribution in [-0.4, -0.2) is 39.8 Å². The topological polar surface area (TPSA) is 152 Å². The number of benzene rings is 3. The Balaban J connectivity index is 0.000000215. The number of amides is 2. The number of hydrogen-bond acceptors (Lipinski definition) is 8. The summed E-state index contributed by atoms with van der Waals surface area (Å²) in [6.45, 7) is 4.63. The summed E-state index contributed by atoms with van der Waals surface area (Å²) < 4.78 is 18.9. The molecule has 5 rings (SSSR count). The summed E-state index contributed by atoms with van der Waals surface area (Å²) in [5.74, 6) is -0.495. The van der Waals surface area contributed by atoms with Crippen LogP contribution in [0.4, 0.5) is 32.2 Å². The third kappa shape index (κ3) is 8.16. The van der Waals surface area contributed by atoms with Crippen molar-refractivity contribution >= 4 is 57.5 Å². The fraction of sp³-hybridized carbons (Fsp3) is 0.176. The van der Waals surface area contributed by atoms with Gasteiger partial charge in [0, 0.05) is 25.8 Å². The molecule has 0 unspecified atom stereocenters. The molecule has 0 aliphatic carbocycles. The first-order valence-electron chi connectivity index (χ1n) is 14.6. The summed E-state index contributed by atoms with van der Waals surface area (Å²) in [5, 5.41) is 16.8. The lowest BCUT2D eigenvalue weighted by Crippen LogP contribution is -2.36. The second kappa shape index (κ2) is 15.6. The highest BCUT2D eigenvalue weighted by Gasteiger charge is 2.26. The number of nitrogen functional groups attached to an aromatic ring is 1. The maximum atomic E-state index is 13.0. The van der Waals surface area contributed by atoms with Gasteiger partial charge in [0.2, 0.25) is 0 Å². The van der Waals surface area contributed by atoms with Crippen LogP contribution in [0.3, 0.4) is 0 Å². The van der Waals surface area contributed by atoms with Gasteiger partial charge in [-0.05, 0) is 67.9 Å². The molecule has 2 amide bonds. The second-order valence-electron chi connectivity index (χ2n) is 10.1. The maximum absolute atomic E-state index is 13.0. The zero-order chi connectivity index (χ0) is 34.1. The Bertz CT molecular complexity index is 1940. The zero-order valence-corrected chi connectivity index (χ0v) is 26.7. The van der Waals surface area contributed by atoms with Crippen molar-refractivity contribution in [2.45, 2.75) is 20.4 Å². The molecule has 0 aliphatic heterocycles. The van der Waals surface area contributed by atoms with E-state index in [1.165, 1.54) is 21.6 Å². The third-order valence-corrected chi connectivity index (χ3v) is 7.33. The number of nitrogens with zero attached hydrogens (tertiary/aromatic N) is 3. The molecular weight excluding hydrogens is 627 g/mol. The molecule has 2 aromatic heterocycles. The molecule has 0 fully saturated rings. The number of carbonyl (C=O) groups excluding carboxylic acids is 2. The molecule has 0 atom stereocenters. The lowest BCUT2D eigenvalue weighted by molar-refractivity contribution is 0.0984. The minimum Gasteiger partial charge on any atom is -0.506 e. The molecule has 0 aliphatic rings. The molecule has 0 radical (unpaired) electrons. The first-order valence-corrected chi connectivity index (χ1v) is 15.0. The van der Waals surface area contributed by atoms with Crippen molar-refractivity contribution in [3.63, 3.8) is 0 Å². The van der Waals surface area contributed by atoms with Crippen molar-refractivity contribution in [2.75, 3.05) is 34.4 Å². The third-order valence-electron chi connectivity index (χ3n) is 7.01. The van der Waals surface area contributed by atoms with E-state index in [9.17, 15) is 23.9 Å². The van der Waals surface area contributed by atoms with Crippen LogP contribution in [0.25, 0.3) is 10.9 Å². The Kier molecular flexibility index (Phi) is 11.4. The summed E-state index contributed by atoms with van der Waals surface area (Å²) in [6, 6.07) is 23.4. The number of aromatic nitrogens is 2. The van der Waals surface area contributed by atoms with Crippen molar-refractivity contribution < 1.29 is 23.8 Å². The minimum absolute atomic E-state index is 0.178. The second-order valence-corrected chi connectivity index (χ2v) is 10.5. The Hall–Kier alpha value is -5.62. The van der Waals surface area contributed by atoms with E-state index in [1.54, 1.807) is 87.6 Å². The van der Waals surface area contributed by atoms with Gasteiger partial charge in [-0.3, -0.25) is 14.9 Å². The van der Waals surface area contributed by atoms with E-state index >= 15 is 0 Å². The van der Waals surface area contributed by atoms with Crippen LogP contribution in [0.1, 0.15) is 29.8 Å². The molecule has 0 saturated heterocycles. The SMILES string of the molecule is CCN(C(=O)c1c(O)c2c(Cl)cccc2n(C)c1=O)c1ccccc1.CCOC(=O)Nc1ccc(NCc2ccc(F)cc2)nc1N. The Morgan fingerprint density at radius 2 is 1.72 bits per heavy atom. The van der Waals surface area contributed by atoms with Crippen LogP contribution in [0.5, 0.6) is 5.75 Å². The van der Waals surface area contributed by atoms with Gasteiger partial charge in [-0.15, -0.1) is 0 Å². The van der Waals surface area contributed by atoms with Gasteiger partial charge in [0.15, 0.2) is 0 Å². The summed E-state index contributed by atoms with van der Waals surface area (Å²) in [7, 11) is 1.55. The Labute approximate surface area is 275 Å². The summed E-state index contributed by atoms with van der Waals surface area (Å²) in [5.41, 5.74) is 7.35. The molecule has 11 nitrogen and oxygen atoms in total. The van der Waals surface area contributed by atoms with Crippen LogP contribution in [0.15, 0.2) is 89.7 Å². The Morgan fingerprint density at radius 1 is 1.02 bits per heavy atom. The van der Waals surface area contributed by atoms with E-state index in [4.69, 9.17) is 22.1 Å².